The third-order valence-electron chi connectivity index (χ3n) is 2.57. The summed E-state index contributed by atoms with van der Waals surface area (Å²) >= 11 is 0. The van der Waals surface area contributed by atoms with Crippen molar-refractivity contribution >= 4 is 11.6 Å². The first kappa shape index (κ1) is 10.6. The van der Waals surface area contributed by atoms with E-state index in [1.165, 1.54) is 18.2 Å². The van der Waals surface area contributed by atoms with Crippen LogP contribution in [0.2, 0.25) is 0 Å². The van der Waals surface area contributed by atoms with E-state index < -0.39 is 5.82 Å². The number of halogens is 1. The average Bonchev–Trinajstić information content (AvgIpc) is 3.02. The quantitative estimate of drug-likeness (QED) is 0.847. The summed E-state index contributed by atoms with van der Waals surface area (Å²) < 4.78 is 13.2. The lowest BCUT2D eigenvalue weighted by molar-refractivity contribution is -0.116. The van der Waals surface area contributed by atoms with Gasteiger partial charge in [0.25, 0.3) is 0 Å². The molecule has 1 fully saturated rings. The molecule has 1 aromatic rings. The highest BCUT2D eigenvalue weighted by Gasteiger charge is 2.24. The zero-order chi connectivity index (χ0) is 11.5. The molecule has 2 rings (SSSR count). The van der Waals surface area contributed by atoms with Gasteiger partial charge in [-0.15, -0.1) is 0 Å². The molecule has 0 atom stereocenters. The third kappa shape index (κ3) is 2.37. The standard InChI is InChI=1S/C12H11FN2O/c13-10-2-1-3-11(9(10)7-14)15-12(16)6-8-4-5-8/h1-3,8H,4-6H2,(H,15,16). The smallest absolute Gasteiger partial charge is 0.224 e. The maximum Gasteiger partial charge on any atom is 0.224 e. The third-order valence-corrected chi connectivity index (χ3v) is 2.57. The van der Waals surface area contributed by atoms with Crippen molar-refractivity contribution in [3.8, 4) is 6.07 Å². The molecule has 0 unspecified atom stereocenters. The topological polar surface area (TPSA) is 52.9 Å². The first-order valence-electron chi connectivity index (χ1n) is 5.19. The number of carbonyl (C=O) groups is 1. The Morgan fingerprint density at radius 1 is 1.56 bits per heavy atom. The van der Waals surface area contributed by atoms with E-state index in [1.54, 1.807) is 6.07 Å². The van der Waals surface area contributed by atoms with Crippen LogP contribution in [0.15, 0.2) is 18.2 Å². The summed E-state index contributed by atoms with van der Waals surface area (Å²) in [4.78, 5) is 11.5. The van der Waals surface area contributed by atoms with Crippen LogP contribution in [0.3, 0.4) is 0 Å². The number of benzene rings is 1. The van der Waals surface area contributed by atoms with E-state index in [0.717, 1.165) is 12.8 Å². The predicted octanol–water partition coefficient (Wildman–Crippen LogP) is 2.44. The van der Waals surface area contributed by atoms with Gasteiger partial charge in [-0.2, -0.15) is 5.26 Å². The number of rotatable bonds is 3. The Labute approximate surface area is 92.9 Å². The minimum absolute atomic E-state index is 0.105. The van der Waals surface area contributed by atoms with Crippen LogP contribution in [0.25, 0.3) is 0 Å². The van der Waals surface area contributed by atoms with Gasteiger partial charge in [0.15, 0.2) is 0 Å². The molecule has 16 heavy (non-hydrogen) atoms. The number of hydrogen-bond acceptors (Lipinski definition) is 2. The van der Waals surface area contributed by atoms with Crippen LogP contribution in [-0.4, -0.2) is 5.91 Å². The van der Waals surface area contributed by atoms with Crippen LogP contribution in [0.5, 0.6) is 0 Å². The maximum atomic E-state index is 13.2. The summed E-state index contributed by atoms with van der Waals surface area (Å²) in [7, 11) is 0. The molecule has 0 spiro atoms. The summed E-state index contributed by atoms with van der Waals surface area (Å²) in [6, 6.07) is 5.96. The number of hydrogen-bond donors (Lipinski definition) is 1. The lowest BCUT2D eigenvalue weighted by atomic mass is 10.1. The summed E-state index contributed by atoms with van der Waals surface area (Å²) in [5.74, 6) is -0.282. The van der Waals surface area contributed by atoms with Gasteiger partial charge in [-0.05, 0) is 30.9 Å². The zero-order valence-corrected chi connectivity index (χ0v) is 8.66. The molecule has 4 heteroatoms. The molecule has 0 heterocycles. The number of nitrogens with one attached hydrogen (secondary N) is 1. The van der Waals surface area contributed by atoms with E-state index in [1.807, 2.05) is 0 Å². The maximum absolute atomic E-state index is 13.2. The predicted molar refractivity (Wildman–Crippen MR) is 57.1 cm³/mol. The van der Waals surface area contributed by atoms with Crippen molar-refractivity contribution in [3.63, 3.8) is 0 Å². The molecule has 0 saturated heterocycles. The van der Waals surface area contributed by atoms with Crippen LogP contribution >= 0.6 is 0 Å². The van der Waals surface area contributed by atoms with Crippen molar-refractivity contribution in [1.29, 1.82) is 5.26 Å². The van der Waals surface area contributed by atoms with Gasteiger partial charge in [0.1, 0.15) is 17.4 Å². The molecular weight excluding hydrogens is 207 g/mol. The Morgan fingerprint density at radius 3 is 2.94 bits per heavy atom. The number of nitrogens with zero attached hydrogens (tertiary/aromatic N) is 1. The normalized spacial score (nSPS) is 14.2. The Balaban J connectivity index is 2.11. The molecule has 0 bridgehead atoms. The summed E-state index contributed by atoms with van der Waals surface area (Å²) in [6.45, 7) is 0. The molecule has 1 aromatic carbocycles. The van der Waals surface area contributed by atoms with Gasteiger partial charge in [-0.3, -0.25) is 4.79 Å². The Hall–Kier alpha value is -1.89. The second-order valence-corrected chi connectivity index (χ2v) is 3.97. The Morgan fingerprint density at radius 2 is 2.31 bits per heavy atom. The highest BCUT2D eigenvalue weighted by molar-refractivity contribution is 5.92. The number of nitriles is 1. The Kier molecular flexibility index (Phi) is 2.86. The van der Waals surface area contributed by atoms with Crippen LogP contribution in [0, 0.1) is 23.1 Å². The van der Waals surface area contributed by atoms with Crippen molar-refractivity contribution in [2.45, 2.75) is 19.3 Å². The zero-order valence-electron chi connectivity index (χ0n) is 8.66. The molecule has 1 saturated carbocycles. The van der Waals surface area contributed by atoms with E-state index in [4.69, 9.17) is 5.26 Å². The van der Waals surface area contributed by atoms with Crippen LogP contribution in [-0.2, 0) is 4.79 Å². The lowest BCUT2D eigenvalue weighted by Crippen LogP contribution is -2.13. The van der Waals surface area contributed by atoms with Crippen molar-refractivity contribution in [1.82, 2.24) is 0 Å². The fourth-order valence-electron chi connectivity index (χ4n) is 1.53. The van der Waals surface area contributed by atoms with Crippen molar-refractivity contribution in [2.24, 2.45) is 5.92 Å². The van der Waals surface area contributed by atoms with Gasteiger partial charge in [0.2, 0.25) is 5.91 Å². The van der Waals surface area contributed by atoms with Crippen molar-refractivity contribution < 1.29 is 9.18 Å². The highest BCUT2D eigenvalue weighted by Crippen LogP contribution is 2.32. The van der Waals surface area contributed by atoms with Gasteiger partial charge in [0, 0.05) is 6.42 Å². The van der Waals surface area contributed by atoms with E-state index >= 15 is 0 Å². The van der Waals surface area contributed by atoms with Crippen molar-refractivity contribution in [3.05, 3.63) is 29.6 Å². The molecule has 1 aliphatic carbocycles. The molecule has 3 nitrogen and oxygen atoms in total. The van der Waals surface area contributed by atoms with Crippen LogP contribution in [0.4, 0.5) is 10.1 Å². The fraction of sp³-hybridized carbons (Fsp3) is 0.333. The van der Waals surface area contributed by atoms with Crippen molar-refractivity contribution in [2.75, 3.05) is 5.32 Å². The van der Waals surface area contributed by atoms with Gasteiger partial charge >= 0.3 is 0 Å². The fourth-order valence-corrected chi connectivity index (χ4v) is 1.53. The minimum atomic E-state index is -0.605. The largest absolute Gasteiger partial charge is 0.325 e. The van der Waals surface area contributed by atoms with E-state index in [0.29, 0.717) is 12.3 Å². The van der Waals surface area contributed by atoms with E-state index in [-0.39, 0.29) is 17.2 Å². The highest BCUT2D eigenvalue weighted by atomic mass is 19.1. The SMILES string of the molecule is N#Cc1c(F)cccc1NC(=O)CC1CC1. The molecule has 1 amide bonds. The first-order chi connectivity index (χ1) is 7.70. The van der Waals surface area contributed by atoms with Gasteiger partial charge < -0.3 is 5.32 Å². The molecule has 0 aliphatic heterocycles. The second-order valence-electron chi connectivity index (χ2n) is 3.97. The van der Waals surface area contributed by atoms with Gasteiger partial charge in [-0.1, -0.05) is 6.07 Å². The molecule has 0 radical (unpaired) electrons. The van der Waals surface area contributed by atoms with E-state index in [9.17, 15) is 9.18 Å². The summed E-state index contributed by atoms with van der Waals surface area (Å²) in [6.07, 6.45) is 2.63. The molecule has 1 aliphatic rings. The lowest BCUT2D eigenvalue weighted by Gasteiger charge is -2.06. The number of anilines is 1. The molecular formula is C12H11FN2O. The minimum Gasteiger partial charge on any atom is -0.325 e. The Bertz CT molecular complexity index is 461. The van der Waals surface area contributed by atoms with Crippen LogP contribution in [0.1, 0.15) is 24.8 Å². The number of amides is 1. The van der Waals surface area contributed by atoms with Gasteiger partial charge in [0.05, 0.1) is 5.69 Å². The number of carbonyl (C=O) groups excluding carboxylic acids is 1. The first-order valence-corrected chi connectivity index (χ1v) is 5.19. The van der Waals surface area contributed by atoms with E-state index in [2.05, 4.69) is 5.32 Å². The second kappa shape index (κ2) is 4.31. The molecule has 1 N–H and O–H groups in total. The monoisotopic (exact) mass is 218 g/mol. The van der Waals surface area contributed by atoms with Crippen LogP contribution < -0.4 is 5.32 Å². The summed E-state index contributed by atoms with van der Waals surface area (Å²) in [5.41, 5.74) is 0.153. The summed E-state index contributed by atoms with van der Waals surface area (Å²) in [5, 5.41) is 11.3. The molecule has 0 aromatic heterocycles. The van der Waals surface area contributed by atoms with Gasteiger partial charge in [-0.25, -0.2) is 4.39 Å². The average molecular weight is 218 g/mol. The molecule has 82 valence electrons.